The first-order valence-corrected chi connectivity index (χ1v) is 10.8. The summed E-state index contributed by atoms with van der Waals surface area (Å²) in [6.07, 6.45) is 5.65. The number of nitrogens with one attached hydrogen (secondary N) is 1. The molecule has 1 aromatic carbocycles. The number of aryl methyl sites for hydroxylation is 2. The molecular weight excluding hydrogens is 368 g/mol. The van der Waals surface area contributed by atoms with Crippen LogP contribution in [0.15, 0.2) is 18.2 Å². The Kier molecular flexibility index (Phi) is 13.0. The summed E-state index contributed by atoms with van der Waals surface area (Å²) in [6.45, 7) is 9.65. The highest BCUT2D eigenvalue weighted by Gasteiger charge is 2.13. The molecule has 6 nitrogen and oxygen atoms in total. The average molecular weight is 407 g/mol. The minimum Gasteiger partial charge on any atom is -0.481 e. The van der Waals surface area contributed by atoms with E-state index in [0.29, 0.717) is 13.0 Å². The Morgan fingerprint density at radius 1 is 1.00 bits per heavy atom. The fourth-order valence-electron chi connectivity index (χ4n) is 3.24. The van der Waals surface area contributed by atoms with Crippen LogP contribution in [0.5, 0.6) is 0 Å². The number of unbranched alkanes of at least 4 members (excludes halogenated alkanes) is 3. The average Bonchev–Trinajstić information content (AvgIpc) is 2.66. The molecule has 1 amide bonds. The third-order valence-corrected chi connectivity index (χ3v) is 4.84. The molecule has 0 aliphatic carbocycles. The fourth-order valence-corrected chi connectivity index (χ4v) is 3.24. The van der Waals surface area contributed by atoms with Gasteiger partial charge in [-0.2, -0.15) is 0 Å². The largest absolute Gasteiger partial charge is 0.481 e. The molecule has 6 heteroatoms. The summed E-state index contributed by atoms with van der Waals surface area (Å²) in [7, 11) is 0. The summed E-state index contributed by atoms with van der Waals surface area (Å²) in [5.74, 6) is -0.753. The van der Waals surface area contributed by atoms with Gasteiger partial charge >= 0.3 is 5.97 Å². The standard InChI is InChI=1S/C23H38N2O4/c1-4-16-29-17-9-8-15-25(14-7-5-6-13-22(27)28)18-21(26)24-23-19(2)11-10-12-20(23)3/h10-12H,4-9,13-18H2,1-3H3,(H,24,26)(H,27,28). The Morgan fingerprint density at radius 3 is 2.28 bits per heavy atom. The second kappa shape index (κ2) is 15.0. The first-order valence-electron chi connectivity index (χ1n) is 10.8. The lowest BCUT2D eigenvalue weighted by Gasteiger charge is -2.22. The molecule has 2 N–H and O–H groups in total. The van der Waals surface area contributed by atoms with Crippen molar-refractivity contribution in [2.24, 2.45) is 0 Å². The predicted octanol–water partition coefficient (Wildman–Crippen LogP) is 4.40. The number of carbonyl (C=O) groups excluding carboxylic acids is 1. The Hall–Kier alpha value is -1.92. The van der Waals surface area contributed by atoms with Crippen LogP contribution in [0.1, 0.15) is 63.0 Å². The second-order valence-corrected chi connectivity index (χ2v) is 7.62. The van der Waals surface area contributed by atoms with E-state index in [0.717, 1.165) is 75.2 Å². The van der Waals surface area contributed by atoms with Gasteiger partial charge in [0.15, 0.2) is 0 Å². The van der Waals surface area contributed by atoms with E-state index in [1.165, 1.54) is 0 Å². The number of anilines is 1. The number of carboxylic acid groups (broad SMARTS) is 1. The molecule has 0 atom stereocenters. The third kappa shape index (κ3) is 11.6. The molecule has 1 rings (SSSR count). The van der Waals surface area contributed by atoms with Gasteiger partial charge in [0.1, 0.15) is 0 Å². The summed E-state index contributed by atoms with van der Waals surface area (Å²) in [4.78, 5) is 25.4. The van der Waals surface area contributed by atoms with Gasteiger partial charge in [0.05, 0.1) is 6.54 Å². The number of amides is 1. The summed E-state index contributed by atoms with van der Waals surface area (Å²) < 4.78 is 5.53. The molecule has 0 saturated carbocycles. The van der Waals surface area contributed by atoms with Crippen molar-refractivity contribution < 1.29 is 19.4 Å². The zero-order chi connectivity index (χ0) is 21.5. The molecule has 0 fully saturated rings. The summed E-state index contributed by atoms with van der Waals surface area (Å²) in [5, 5.41) is 11.8. The maximum atomic E-state index is 12.6. The maximum Gasteiger partial charge on any atom is 0.303 e. The van der Waals surface area contributed by atoms with E-state index in [4.69, 9.17) is 9.84 Å². The van der Waals surface area contributed by atoms with Gasteiger partial charge in [-0.15, -0.1) is 0 Å². The van der Waals surface area contributed by atoms with Crippen molar-refractivity contribution in [3.05, 3.63) is 29.3 Å². The van der Waals surface area contributed by atoms with E-state index in [9.17, 15) is 9.59 Å². The lowest BCUT2D eigenvalue weighted by Crippen LogP contribution is -2.35. The number of rotatable bonds is 16. The molecule has 0 bridgehead atoms. The van der Waals surface area contributed by atoms with Gasteiger partial charge in [-0.3, -0.25) is 14.5 Å². The van der Waals surface area contributed by atoms with Crippen LogP contribution in [0.4, 0.5) is 5.69 Å². The number of nitrogens with zero attached hydrogens (tertiary/aromatic N) is 1. The van der Waals surface area contributed by atoms with Crippen LogP contribution in [-0.4, -0.2) is 54.7 Å². The molecule has 29 heavy (non-hydrogen) atoms. The van der Waals surface area contributed by atoms with Crippen LogP contribution >= 0.6 is 0 Å². The molecule has 1 aromatic rings. The van der Waals surface area contributed by atoms with E-state index in [-0.39, 0.29) is 12.3 Å². The molecule has 0 aromatic heterocycles. The number of benzene rings is 1. The molecule has 0 radical (unpaired) electrons. The highest BCUT2D eigenvalue weighted by Crippen LogP contribution is 2.19. The minimum absolute atomic E-state index is 0.00447. The monoisotopic (exact) mass is 406 g/mol. The molecular formula is C23H38N2O4. The molecule has 0 aliphatic rings. The highest BCUT2D eigenvalue weighted by molar-refractivity contribution is 5.93. The maximum absolute atomic E-state index is 12.6. The van der Waals surface area contributed by atoms with Gasteiger partial charge in [0.2, 0.25) is 5.91 Å². The van der Waals surface area contributed by atoms with Gasteiger partial charge in [-0.25, -0.2) is 0 Å². The van der Waals surface area contributed by atoms with Crippen molar-refractivity contribution in [1.29, 1.82) is 0 Å². The summed E-state index contributed by atoms with van der Waals surface area (Å²) in [6, 6.07) is 5.99. The zero-order valence-corrected chi connectivity index (χ0v) is 18.3. The minimum atomic E-state index is -0.748. The quantitative estimate of drug-likeness (QED) is 0.398. The van der Waals surface area contributed by atoms with Crippen molar-refractivity contribution in [3.8, 4) is 0 Å². The van der Waals surface area contributed by atoms with Crippen molar-refractivity contribution >= 4 is 17.6 Å². The molecule has 0 heterocycles. The van der Waals surface area contributed by atoms with Crippen LogP contribution in [0.2, 0.25) is 0 Å². The number of carboxylic acids is 1. The first-order chi connectivity index (χ1) is 13.9. The van der Waals surface area contributed by atoms with Crippen LogP contribution in [-0.2, 0) is 14.3 Å². The lowest BCUT2D eigenvalue weighted by atomic mass is 10.1. The smallest absolute Gasteiger partial charge is 0.303 e. The van der Waals surface area contributed by atoms with E-state index in [1.54, 1.807) is 0 Å². The van der Waals surface area contributed by atoms with Crippen LogP contribution in [0.3, 0.4) is 0 Å². The second-order valence-electron chi connectivity index (χ2n) is 7.62. The zero-order valence-electron chi connectivity index (χ0n) is 18.3. The third-order valence-electron chi connectivity index (χ3n) is 4.84. The lowest BCUT2D eigenvalue weighted by molar-refractivity contribution is -0.137. The van der Waals surface area contributed by atoms with Crippen molar-refractivity contribution in [1.82, 2.24) is 4.90 Å². The Balaban J connectivity index is 2.49. The Labute approximate surface area is 175 Å². The first kappa shape index (κ1) is 25.1. The Bertz CT molecular complexity index is 599. The molecule has 0 aliphatic heterocycles. The highest BCUT2D eigenvalue weighted by atomic mass is 16.5. The Morgan fingerprint density at radius 2 is 1.66 bits per heavy atom. The topological polar surface area (TPSA) is 78.9 Å². The van der Waals surface area contributed by atoms with Crippen LogP contribution in [0.25, 0.3) is 0 Å². The summed E-state index contributed by atoms with van der Waals surface area (Å²) in [5.41, 5.74) is 3.02. The molecule has 164 valence electrons. The van der Waals surface area contributed by atoms with Crippen molar-refractivity contribution in [2.75, 3.05) is 38.2 Å². The van der Waals surface area contributed by atoms with E-state index < -0.39 is 5.97 Å². The number of para-hydroxylation sites is 1. The molecule has 0 spiro atoms. The van der Waals surface area contributed by atoms with E-state index in [2.05, 4.69) is 17.1 Å². The number of carbonyl (C=O) groups is 2. The van der Waals surface area contributed by atoms with Crippen molar-refractivity contribution in [3.63, 3.8) is 0 Å². The normalized spacial score (nSPS) is 11.0. The summed E-state index contributed by atoms with van der Waals surface area (Å²) >= 11 is 0. The van der Waals surface area contributed by atoms with E-state index >= 15 is 0 Å². The molecule has 0 unspecified atom stereocenters. The van der Waals surface area contributed by atoms with Crippen LogP contribution in [0, 0.1) is 13.8 Å². The predicted molar refractivity (Wildman–Crippen MR) is 117 cm³/mol. The van der Waals surface area contributed by atoms with Gasteiger partial charge < -0.3 is 15.2 Å². The number of hydrogen-bond donors (Lipinski definition) is 2. The van der Waals surface area contributed by atoms with Gasteiger partial charge in [0.25, 0.3) is 0 Å². The van der Waals surface area contributed by atoms with Gasteiger partial charge in [0, 0.05) is 25.3 Å². The van der Waals surface area contributed by atoms with E-state index in [1.807, 2.05) is 32.0 Å². The number of aliphatic carboxylic acids is 1. The SMILES string of the molecule is CCCOCCCCN(CCCCCC(=O)O)CC(=O)Nc1c(C)cccc1C. The van der Waals surface area contributed by atoms with Gasteiger partial charge in [-0.05, 0) is 70.2 Å². The number of ether oxygens (including phenoxy) is 1. The van der Waals surface area contributed by atoms with Crippen LogP contribution < -0.4 is 5.32 Å². The molecule has 0 saturated heterocycles. The van der Waals surface area contributed by atoms with Gasteiger partial charge in [-0.1, -0.05) is 31.5 Å². The fraction of sp³-hybridized carbons (Fsp3) is 0.652. The number of hydrogen-bond acceptors (Lipinski definition) is 4. The van der Waals surface area contributed by atoms with Crippen molar-refractivity contribution in [2.45, 2.75) is 65.7 Å².